The Labute approximate surface area is 178 Å². The van der Waals surface area contributed by atoms with Gasteiger partial charge in [-0.2, -0.15) is 0 Å². The van der Waals surface area contributed by atoms with E-state index in [4.69, 9.17) is 11.6 Å². The molecule has 1 aromatic carbocycles. The summed E-state index contributed by atoms with van der Waals surface area (Å²) in [6.45, 7) is 1.86. The third kappa shape index (κ3) is 3.44. The van der Waals surface area contributed by atoms with Crippen LogP contribution in [-0.2, 0) is 16.1 Å². The maximum atomic E-state index is 12.5. The molecule has 5 atom stereocenters. The number of aliphatic hydroxyl groups excluding tert-OH is 1. The molecule has 1 saturated heterocycles. The van der Waals surface area contributed by atoms with Crippen molar-refractivity contribution < 1.29 is 24.6 Å². The molecule has 8 nitrogen and oxygen atoms in total. The van der Waals surface area contributed by atoms with Crippen molar-refractivity contribution in [2.45, 2.75) is 50.9 Å². The van der Waals surface area contributed by atoms with Crippen molar-refractivity contribution in [2.75, 3.05) is 0 Å². The van der Waals surface area contributed by atoms with Gasteiger partial charge >= 0.3 is 12.0 Å². The minimum absolute atomic E-state index is 0.0328. The van der Waals surface area contributed by atoms with Crippen molar-refractivity contribution in [1.82, 2.24) is 15.5 Å². The van der Waals surface area contributed by atoms with Crippen LogP contribution in [0.2, 0.25) is 5.02 Å². The van der Waals surface area contributed by atoms with Gasteiger partial charge in [0.25, 0.3) is 0 Å². The summed E-state index contributed by atoms with van der Waals surface area (Å²) in [5.74, 6) is -2.30. The van der Waals surface area contributed by atoms with Gasteiger partial charge in [0.05, 0.1) is 24.1 Å². The molecule has 1 aromatic rings. The molecule has 2 heterocycles. The Morgan fingerprint density at radius 2 is 1.97 bits per heavy atom. The fraction of sp³-hybridized carbons (Fsp3) is 0.476. The molecule has 4 N–H and O–H groups in total. The first kappa shape index (κ1) is 20.7. The van der Waals surface area contributed by atoms with Gasteiger partial charge in [-0.1, -0.05) is 30.2 Å². The predicted octanol–water partition coefficient (Wildman–Crippen LogP) is 1.87. The zero-order valence-electron chi connectivity index (χ0n) is 16.5. The fourth-order valence-corrected chi connectivity index (χ4v) is 5.16. The largest absolute Gasteiger partial charge is 0.477 e. The summed E-state index contributed by atoms with van der Waals surface area (Å²) in [6.07, 6.45) is 1.29. The summed E-state index contributed by atoms with van der Waals surface area (Å²) >= 11 is 5.87. The lowest BCUT2D eigenvalue weighted by atomic mass is 9.71. The summed E-state index contributed by atoms with van der Waals surface area (Å²) < 4.78 is 0. The number of halogens is 1. The molecule has 3 amide bonds. The van der Waals surface area contributed by atoms with Crippen LogP contribution in [-0.4, -0.2) is 51.2 Å². The standard InChI is InChI=1S/C21H24ClN3O5/c1-10(26)15-17-13-3-2-4-14(16(13)18(20(28)29)25(17)19(15)27)24-21(30)23-9-11-5-7-12(22)8-6-11/h5-8,10,13-15,17,26H,2-4,9H2,1H3,(H,28,29)(H2,23,24,30)/t10?,13-,14-,15+,17+/m0/s1. The van der Waals surface area contributed by atoms with Crippen molar-refractivity contribution >= 4 is 29.5 Å². The van der Waals surface area contributed by atoms with Crippen LogP contribution < -0.4 is 10.6 Å². The van der Waals surface area contributed by atoms with Crippen LogP contribution in [0.25, 0.3) is 0 Å². The van der Waals surface area contributed by atoms with E-state index in [0.717, 1.165) is 18.4 Å². The van der Waals surface area contributed by atoms with E-state index >= 15 is 0 Å². The van der Waals surface area contributed by atoms with Gasteiger partial charge in [0, 0.05) is 17.5 Å². The number of benzene rings is 1. The molecule has 2 fully saturated rings. The van der Waals surface area contributed by atoms with Crippen molar-refractivity contribution in [1.29, 1.82) is 0 Å². The zero-order valence-corrected chi connectivity index (χ0v) is 17.2. The Morgan fingerprint density at radius 1 is 1.27 bits per heavy atom. The minimum atomic E-state index is -1.18. The number of carbonyl (C=O) groups excluding carboxylic acids is 2. The molecule has 3 aliphatic rings. The van der Waals surface area contributed by atoms with Gasteiger partial charge in [-0.25, -0.2) is 9.59 Å². The second kappa shape index (κ2) is 7.92. The highest BCUT2D eigenvalue weighted by atomic mass is 35.5. The first-order valence-corrected chi connectivity index (χ1v) is 10.4. The lowest BCUT2D eigenvalue weighted by molar-refractivity contribution is -0.163. The number of hydrogen-bond donors (Lipinski definition) is 4. The Kier molecular flexibility index (Phi) is 5.46. The van der Waals surface area contributed by atoms with E-state index < -0.39 is 30.1 Å². The van der Waals surface area contributed by atoms with Gasteiger partial charge in [-0.15, -0.1) is 0 Å². The van der Waals surface area contributed by atoms with Crippen LogP contribution in [0.4, 0.5) is 4.79 Å². The van der Waals surface area contributed by atoms with E-state index in [1.807, 2.05) is 12.1 Å². The lowest BCUT2D eigenvalue weighted by Gasteiger charge is -2.47. The summed E-state index contributed by atoms with van der Waals surface area (Å²) in [7, 11) is 0. The minimum Gasteiger partial charge on any atom is -0.477 e. The zero-order chi connectivity index (χ0) is 21.6. The molecule has 0 aromatic heterocycles. The number of rotatable bonds is 5. The Hall–Kier alpha value is -2.58. The summed E-state index contributed by atoms with van der Waals surface area (Å²) in [5.41, 5.74) is 1.45. The summed E-state index contributed by atoms with van der Waals surface area (Å²) in [6, 6.07) is 5.89. The SMILES string of the molecule is CC(O)[C@H]1C(=O)N2C(C(=O)O)=C3[C@@H](NC(=O)NCc4ccc(Cl)cc4)CCC[C@@H]3[C@H]12. The molecule has 0 bridgehead atoms. The number of aliphatic hydroxyl groups is 1. The molecular weight excluding hydrogens is 410 g/mol. The fourth-order valence-electron chi connectivity index (χ4n) is 5.03. The van der Waals surface area contributed by atoms with Crippen LogP contribution in [0.3, 0.4) is 0 Å². The van der Waals surface area contributed by atoms with Crippen molar-refractivity contribution in [2.24, 2.45) is 11.8 Å². The molecular formula is C21H24ClN3O5. The first-order chi connectivity index (χ1) is 14.3. The van der Waals surface area contributed by atoms with Gasteiger partial charge in [-0.3, -0.25) is 4.79 Å². The molecule has 2 aliphatic heterocycles. The van der Waals surface area contributed by atoms with Gasteiger partial charge in [0.15, 0.2) is 0 Å². The maximum absolute atomic E-state index is 12.5. The molecule has 1 saturated carbocycles. The van der Waals surface area contributed by atoms with Crippen LogP contribution in [0.15, 0.2) is 35.5 Å². The maximum Gasteiger partial charge on any atom is 0.352 e. The number of carbonyl (C=O) groups is 3. The van der Waals surface area contributed by atoms with Crippen molar-refractivity contribution in [3.05, 3.63) is 46.1 Å². The number of fused-ring (bicyclic) bond motifs is 3. The number of aliphatic carboxylic acids is 1. The predicted molar refractivity (Wildman–Crippen MR) is 108 cm³/mol. The third-order valence-electron chi connectivity index (χ3n) is 6.29. The molecule has 30 heavy (non-hydrogen) atoms. The highest BCUT2D eigenvalue weighted by molar-refractivity contribution is 6.30. The molecule has 4 rings (SSSR count). The normalized spacial score (nSPS) is 28.4. The number of carboxylic acid groups (broad SMARTS) is 1. The molecule has 0 radical (unpaired) electrons. The summed E-state index contributed by atoms with van der Waals surface area (Å²) in [4.78, 5) is 38.3. The van der Waals surface area contributed by atoms with E-state index in [2.05, 4.69) is 10.6 Å². The first-order valence-electron chi connectivity index (χ1n) is 10.1. The molecule has 9 heteroatoms. The number of carboxylic acids is 1. The molecule has 1 unspecified atom stereocenters. The van der Waals surface area contributed by atoms with Crippen LogP contribution in [0, 0.1) is 11.8 Å². The van der Waals surface area contributed by atoms with E-state index in [1.165, 1.54) is 4.90 Å². The Balaban J connectivity index is 1.50. The average molecular weight is 434 g/mol. The second-order valence-electron chi connectivity index (χ2n) is 8.12. The van der Waals surface area contributed by atoms with Crippen LogP contribution >= 0.6 is 11.6 Å². The quantitative estimate of drug-likeness (QED) is 0.528. The Morgan fingerprint density at radius 3 is 2.60 bits per heavy atom. The smallest absolute Gasteiger partial charge is 0.352 e. The topological polar surface area (TPSA) is 119 Å². The van der Waals surface area contributed by atoms with Crippen molar-refractivity contribution in [3.8, 4) is 0 Å². The lowest BCUT2D eigenvalue weighted by Crippen LogP contribution is -2.64. The number of amides is 3. The monoisotopic (exact) mass is 433 g/mol. The summed E-state index contributed by atoms with van der Waals surface area (Å²) in [5, 5.41) is 26.1. The van der Waals surface area contributed by atoms with Gasteiger partial charge in [0.1, 0.15) is 5.70 Å². The van der Waals surface area contributed by atoms with E-state index in [9.17, 15) is 24.6 Å². The van der Waals surface area contributed by atoms with Gasteiger partial charge in [0.2, 0.25) is 5.91 Å². The van der Waals surface area contributed by atoms with E-state index in [-0.39, 0.29) is 23.6 Å². The van der Waals surface area contributed by atoms with Crippen molar-refractivity contribution in [3.63, 3.8) is 0 Å². The number of urea groups is 1. The van der Waals surface area contributed by atoms with Gasteiger partial charge < -0.3 is 25.7 Å². The third-order valence-corrected chi connectivity index (χ3v) is 6.54. The number of hydrogen-bond acceptors (Lipinski definition) is 4. The van der Waals surface area contributed by atoms with Crippen LogP contribution in [0.5, 0.6) is 0 Å². The van der Waals surface area contributed by atoms with Crippen LogP contribution in [0.1, 0.15) is 31.7 Å². The Bertz CT molecular complexity index is 914. The van der Waals surface area contributed by atoms with E-state index in [1.54, 1.807) is 19.1 Å². The van der Waals surface area contributed by atoms with E-state index in [0.29, 0.717) is 23.6 Å². The number of nitrogens with zero attached hydrogens (tertiary/aromatic N) is 1. The number of nitrogens with one attached hydrogen (secondary N) is 2. The molecule has 1 aliphatic carbocycles. The highest BCUT2D eigenvalue weighted by Gasteiger charge is 2.62. The molecule has 0 spiro atoms. The average Bonchev–Trinajstić information content (AvgIpc) is 2.99. The van der Waals surface area contributed by atoms with Gasteiger partial charge in [-0.05, 0) is 43.0 Å². The highest BCUT2D eigenvalue weighted by Crippen LogP contribution is 2.52. The number of β-lactam (4-membered cyclic amide) rings is 1. The molecule has 160 valence electrons. The second-order valence-corrected chi connectivity index (χ2v) is 8.55.